The first-order valence-corrected chi connectivity index (χ1v) is 6.70. The normalized spacial score (nSPS) is 10.8. The zero-order chi connectivity index (χ0) is 12.8. The van der Waals surface area contributed by atoms with Crippen molar-refractivity contribution in [3.8, 4) is 5.75 Å². The van der Waals surface area contributed by atoms with Crippen LogP contribution in [0.1, 0.15) is 25.3 Å². The summed E-state index contributed by atoms with van der Waals surface area (Å²) in [5.41, 5.74) is 6.96. The van der Waals surface area contributed by atoms with Crippen LogP contribution in [-0.2, 0) is 6.42 Å². The van der Waals surface area contributed by atoms with Gasteiger partial charge in [0, 0.05) is 5.56 Å². The van der Waals surface area contributed by atoms with Gasteiger partial charge in [-0.05, 0) is 36.2 Å². The van der Waals surface area contributed by atoms with Crippen LogP contribution >= 0.6 is 0 Å². The third-order valence-corrected chi connectivity index (χ3v) is 3.15. The predicted molar refractivity (Wildman–Crippen MR) is 77.1 cm³/mol. The number of fused-ring (bicyclic) bond motifs is 1. The van der Waals surface area contributed by atoms with E-state index in [1.807, 2.05) is 0 Å². The lowest BCUT2D eigenvalue weighted by Gasteiger charge is -2.13. The Balaban J connectivity index is 2.35. The molecule has 0 bridgehead atoms. The van der Waals surface area contributed by atoms with E-state index < -0.39 is 0 Å². The van der Waals surface area contributed by atoms with Crippen LogP contribution in [0.3, 0.4) is 0 Å². The number of hydrogen-bond donors (Lipinski definition) is 1. The van der Waals surface area contributed by atoms with Gasteiger partial charge in [0.05, 0.1) is 6.61 Å². The van der Waals surface area contributed by atoms with Crippen LogP contribution < -0.4 is 10.5 Å². The first-order chi connectivity index (χ1) is 8.86. The van der Waals surface area contributed by atoms with Gasteiger partial charge < -0.3 is 10.5 Å². The van der Waals surface area contributed by atoms with Crippen molar-refractivity contribution in [1.29, 1.82) is 0 Å². The molecule has 0 amide bonds. The zero-order valence-corrected chi connectivity index (χ0v) is 11.0. The zero-order valence-electron chi connectivity index (χ0n) is 11.0. The van der Waals surface area contributed by atoms with Gasteiger partial charge in [0.2, 0.25) is 0 Å². The van der Waals surface area contributed by atoms with Crippen molar-refractivity contribution in [3.63, 3.8) is 0 Å². The number of nitrogens with two attached hydrogens (primary N) is 1. The Kier molecular flexibility index (Phi) is 4.59. The van der Waals surface area contributed by atoms with E-state index in [4.69, 9.17) is 10.5 Å². The van der Waals surface area contributed by atoms with E-state index in [0.29, 0.717) is 6.54 Å². The minimum absolute atomic E-state index is 0.651. The molecule has 0 aliphatic heterocycles. The Morgan fingerprint density at radius 3 is 2.72 bits per heavy atom. The molecule has 0 radical (unpaired) electrons. The van der Waals surface area contributed by atoms with E-state index in [1.165, 1.54) is 16.3 Å². The van der Waals surface area contributed by atoms with E-state index in [0.717, 1.165) is 31.6 Å². The average molecular weight is 243 g/mol. The summed E-state index contributed by atoms with van der Waals surface area (Å²) in [6.07, 6.45) is 3.11. The second-order valence-electron chi connectivity index (χ2n) is 4.50. The molecule has 2 rings (SSSR count). The summed E-state index contributed by atoms with van der Waals surface area (Å²) in [5, 5.41) is 2.51. The van der Waals surface area contributed by atoms with Crippen molar-refractivity contribution in [2.24, 2.45) is 5.73 Å². The van der Waals surface area contributed by atoms with Crippen LogP contribution in [0.4, 0.5) is 0 Å². The molecule has 96 valence electrons. The van der Waals surface area contributed by atoms with Crippen LogP contribution in [0.25, 0.3) is 10.8 Å². The summed E-state index contributed by atoms with van der Waals surface area (Å²) in [6.45, 7) is 3.61. The average Bonchev–Trinajstić information content (AvgIpc) is 2.41. The molecule has 0 unspecified atom stereocenters. The summed E-state index contributed by atoms with van der Waals surface area (Å²) in [7, 11) is 0. The van der Waals surface area contributed by atoms with Gasteiger partial charge in [-0.1, -0.05) is 43.7 Å². The van der Waals surface area contributed by atoms with Crippen molar-refractivity contribution in [2.75, 3.05) is 13.2 Å². The van der Waals surface area contributed by atoms with Gasteiger partial charge in [0.25, 0.3) is 0 Å². The smallest absolute Gasteiger partial charge is 0.123 e. The predicted octanol–water partition coefficient (Wildman–Crippen LogP) is 3.52. The van der Waals surface area contributed by atoms with Crippen LogP contribution in [-0.4, -0.2) is 13.2 Å². The molecule has 0 saturated carbocycles. The highest BCUT2D eigenvalue weighted by Crippen LogP contribution is 2.28. The lowest BCUT2D eigenvalue weighted by Crippen LogP contribution is -2.06. The molecule has 2 nitrogen and oxygen atoms in total. The topological polar surface area (TPSA) is 35.2 Å². The number of rotatable bonds is 6. The molecular weight excluding hydrogens is 222 g/mol. The maximum absolute atomic E-state index is 5.88. The standard InChI is InChI=1S/C16H21NO/c1-2-3-12-18-16-9-8-13-6-4-5-7-14(13)15(16)10-11-17/h4-9H,2-3,10-12,17H2,1H3. The van der Waals surface area contributed by atoms with E-state index in [-0.39, 0.29) is 0 Å². The van der Waals surface area contributed by atoms with Crippen LogP contribution in [0.5, 0.6) is 5.75 Å². The fourth-order valence-electron chi connectivity index (χ4n) is 2.18. The number of unbranched alkanes of at least 4 members (excludes halogenated alkanes) is 1. The number of ether oxygens (including phenoxy) is 1. The van der Waals surface area contributed by atoms with E-state index in [2.05, 4.69) is 43.3 Å². The third kappa shape index (κ3) is 2.82. The summed E-state index contributed by atoms with van der Waals surface area (Å²) in [4.78, 5) is 0. The minimum Gasteiger partial charge on any atom is -0.493 e. The summed E-state index contributed by atoms with van der Waals surface area (Å²) < 4.78 is 5.88. The molecule has 0 atom stereocenters. The van der Waals surface area contributed by atoms with Gasteiger partial charge in [-0.3, -0.25) is 0 Å². The Hall–Kier alpha value is -1.54. The molecule has 2 aromatic carbocycles. The molecule has 0 fully saturated rings. The molecule has 0 heterocycles. The van der Waals surface area contributed by atoms with Gasteiger partial charge in [-0.25, -0.2) is 0 Å². The molecule has 0 aliphatic carbocycles. The monoisotopic (exact) mass is 243 g/mol. The lowest BCUT2D eigenvalue weighted by atomic mass is 10.0. The molecule has 0 aromatic heterocycles. The van der Waals surface area contributed by atoms with Gasteiger partial charge in [0.15, 0.2) is 0 Å². The highest BCUT2D eigenvalue weighted by atomic mass is 16.5. The molecule has 18 heavy (non-hydrogen) atoms. The largest absolute Gasteiger partial charge is 0.493 e. The van der Waals surface area contributed by atoms with E-state index >= 15 is 0 Å². The van der Waals surface area contributed by atoms with Gasteiger partial charge in [-0.2, -0.15) is 0 Å². The Bertz CT molecular complexity index is 507. The summed E-state index contributed by atoms with van der Waals surface area (Å²) in [6, 6.07) is 12.6. The van der Waals surface area contributed by atoms with Crippen LogP contribution in [0.2, 0.25) is 0 Å². The minimum atomic E-state index is 0.651. The summed E-state index contributed by atoms with van der Waals surface area (Å²) >= 11 is 0. The first kappa shape index (κ1) is 12.9. The van der Waals surface area contributed by atoms with E-state index in [1.54, 1.807) is 0 Å². The Morgan fingerprint density at radius 2 is 1.94 bits per heavy atom. The van der Waals surface area contributed by atoms with Crippen LogP contribution in [0.15, 0.2) is 36.4 Å². The Labute approximate surface area is 109 Å². The summed E-state index contributed by atoms with van der Waals surface area (Å²) in [5.74, 6) is 0.993. The molecule has 2 aromatic rings. The molecule has 0 spiro atoms. The van der Waals surface area contributed by atoms with Crippen molar-refractivity contribution in [3.05, 3.63) is 42.0 Å². The van der Waals surface area contributed by atoms with Gasteiger partial charge >= 0.3 is 0 Å². The molecule has 0 aliphatic rings. The number of hydrogen-bond acceptors (Lipinski definition) is 2. The van der Waals surface area contributed by atoms with Crippen molar-refractivity contribution < 1.29 is 4.74 Å². The number of benzene rings is 2. The molecule has 2 heteroatoms. The highest BCUT2D eigenvalue weighted by Gasteiger charge is 2.07. The SMILES string of the molecule is CCCCOc1ccc2ccccc2c1CCN. The fourth-order valence-corrected chi connectivity index (χ4v) is 2.18. The van der Waals surface area contributed by atoms with Crippen LogP contribution in [0, 0.1) is 0 Å². The Morgan fingerprint density at radius 1 is 1.11 bits per heavy atom. The fraction of sp³-hybridized carbons (Fsp3) is 0.375. The lowest BCUT2D eigenvalue weighted by molar-refractivity contribution is 0.307. The third-order valence-electron chi connectivity index (χ3n) is 3.15. The highest BCUT2D eigenvalue weighted by molar-refractivity contribution is 5.87. The molecular formula is C16H21NO. The second kappa shape index (κ2) is 6.41. The molecule has 2 N–H and O–H groups in total. The van der Waals surface area contributed by atoms with Crippen molar-refractivity contribution >= 4 is 10.8 Å². The second-order valence-corrected chi connectivity index (χ2v) is 4.50. The first-order valence-electron chi connectivity index (χ1n) is 6.70. The van der Waals surface area contributed by atoms with E-state index in [9.17, 15) is 0 Å². The van der Waals surface area contributed by atoms with Crippen molar-refractivity contribution in [1.82, 2.24) is 0 Å². The quantitative estimate of drug-likeness (QED) is 0.788. The maximum atomic E-state index is 5.88. The maximum Gasteiger partial charge on any atom is 0.123 e. The van der Waals surface area contributed by atoms with Gasteiger partial charge in [0.1, 0.15) is 5.75 Å². The molecule has 0 saturated heterocycles. The van der Waals surface area contributed by atoms with Gasteiger partial charge in [-0.15, -0.1) is 0 Å². The van der Waals surface area contributed by atoms with Crippen molar-refractivity contribution in [2.45, 2.75) is 26.2 Å².